The van der Waals surface area contributed by atoms with Gasteiger partial charge in [0.25, 0.3) is 0 Å². The maximum absolute atomic E-state index is 9.79. The van der Waals surface area contributed by atoms with Crippen LogP contribution in [0.2, 0.25) is 0 Å². The van der Waals surface area contributed by atoms with Crippen molar-refractivity contribution < 1.29 is 5.11 Å². The lowest BCUT2D eigenvalue weighted by Crippen LogP contribution is -2.04. The Kier molecular flexibility index (Phi) is 6.14. The van der Waals surface area contributed by atoms with Gasteiger partial charge in [0, 0.05) is 19.0 Å². The molecule has 0 saturated heterocycles. The van der Waals surface area contributed by atoms with Gasteiger partial charge in [-0.1, -0.05) is 0 Å². The first kappa shape index (κ1) is 18.4. The minimum absolute atomic E-state index is 0.184. The number of fused-ring (bicyclic) bond motifs is 1. The van der Waals surface area contributed by atoms with Gasteiger partial charge < -0.3 is 15.0 Å². The third-order valence-corrected chi connectivity index (χ3v) is 5.20. The van der Waals surface area contributed by atoms with Gasteiger partial charge in [-0.3, -0.25) is 0 Å². The quantitative estimate of drug-likeness (QED) is 0.372. The molecule has 1 aromatic carbocycles. The Balaban J connectivity index is 1.78. The van der Waals surface area contributed by atoms with E-state index >= 15 is 0 Å². The number of halogens is 3. The van der Waals surface area contributed by atoms with Gasteiger partial charge in [-0.05, 0) is 62.4 Å². The normalized spacial score (nSPS) is 11.2. The van der Waals surface area contributed by atoms with Crippen molar-refractivity contribution in [1.82, 2.24) is 19.5 Å². The summed E-state index contributed by atoms with van der Waals surface area (Å²) in [6, 6.07) is 3.71. The van der Waals surface area contributed by atoms with Gasteiger partial charge >= 0.3 is 0 Å². The molecule has 0 spiro atoms. The summed E-state index contributed by atoms with van der Waals surface area (Å²) in [6.45, 7) is 1.38. The Morgan fingerprint density at radius 1 is 1.12 bits per heavy atom. The second-order valence-corrected chi connectivity index (χ2v) is 7.58. The fourth-order valence-electron chi connectivity index (χ4n) is 2.46. The van der Waals surface area contributed by atoms with Gasteiger partial charge in [-0.15, -0.1) is 11.6 Å². The van der Waals surface area contributed by atoms with Crippen LogP contribution in [0, 0.1) is 0 Å². The first-order valence-electron chi connectivity index (χ1n) is 7.72. The highest BCUT2D eigenvalue weighted by Crippen LogP contribution is 2.33. The molecule has 0 fully saturated rings. The molecule has 0 atom stereocenters. The second-order valence-electron chi connectivity index (χ2n) is 5.49. The Hall–Kier alpha value is -1.38. The van der Waals surface area contributed by atoms with Crippen molar-refractivity contribution in [1.29, 1.82) is 0 Å². The molecule has 0 amide bonds. The molecule has 2 heterocycles. The molecule has 2 N–H and O–H groups in total. The number of phenolic OH excluding ortho intramolecular Hbond substituents is 1. The maximum Gasteiger partial charge on any atom is 0.165 e. The van der Waals surface area contributed by atoms with E-state index in [1.54, 1.807) is 6.33 Å². The summed E-state index contributed by atoms with van der Waals surface area (Å²) in [5.74, 6) is 1.52. The first-order chi connectivity index (χ1) is 12.1. The highest BCUT2D eigenvalue weighted by molar-refractivity contribution is 9.11. The predicted octanol–water partition coefficient (Wildman–Crippen LogP) is 4.69. The number of aromatic hydroxyl groups is 1. The molecule has 2 aromatic heterocycles. The largest absolute Gasteiger partial charge is 0.506 e. The molecule has 0 aliphatic heterocycles. The van der Waals surface area contributed by atoms with E-state index in [9.17, 15) is 5.11 Å². The van der Waals surface area contributed by atoms with Gasteiger partial charge in [0.2, 0.25) is 0 Å². The summed E-state index contributed by atoms with van der Waals surface area (Å²) in [5.41, 5.74) is 2.54. The van der Waals surface area contributed by atoms with Crippen LogP contribution in [0.1, 0.15) is 18.4 Å². The van der Waals surface area contributed by atoms with Crippen molar-refractivity contribution in [2.45, 2.75) is 25.9 Å². The summed E-state index contributed by atoms with van der Waals surface area (Å²) >= 11 is 12.4. The number of anilines is 1. The van der Waals surface area contributed by atoms with E-state index in [-0.39, 0.29) is 5.75 Å². The van der Waals surface area contributed by atoms with Crippen molar-refractivity contribution in [3.8, 4) is 5.75 Å². The molecule has 6 nitrogen and oxygen atoms in total. The Labute approximate surface area is 166 Å². The van der Waals surface area contributed by atoms with Crippen LogP contribution >= 0.6 is 43.5 Å². The van der Waals surface area contributed by atoms with Crippen LogP contribution in [0.4, 0.5) is 5.82 Å². The van der Waals surface area contributed by atoms with Gasteiger partial charge in [-0.25, -0.2) is 15.0 Å². The molecular weight excluding hydrogens is 473 g/mol. The maximum atomic E-state index is 9.79. The van der Waals surface area contributed by atoms with E-state index in [0.29, 0.717) is 27.2 Å². The highest BCUT2D eigenvalue weighted by atomic mass is 79.9. The lowest BCUT2D eigenvalue weighted by Gasteiger charge is -2.09. The van der Waals surface area contributed by atoms with Crippen LogP contribution < -0.4 is 5.32 Å². The number of benzene rings is 1. The number of rotatable bonds is 7. The zero-order valence-corrected chi connectivity index (χ0v) is 17.1. The molecule has 25 heavy (non-hydrogen) atoms. The van der Waals surface area contributed by atoms with Crippen LogP contribution in [0.3, 0.4) is 0 Å². The SMILES string of the molecule is Oc1c(Br)cc(CNc2ncnc3c2ncn3CCCCCl)cc1Br. The smallest absolute Gasteiger partial charge is 0.165 e. The van der Waals surface area contributed by atoms with E-state index in [4.69, 9.17) is 11.6 Å². The lowest BCUT2D eigenvalue weighted by atomic mass is 10.2. The molecule has 0 radical (unpaired) electrons. The van der Waals surface area contributed by atoms with Gasteiger partial charge in [-0.2, -0.15) is 0 Å². The Bertz CT molecular complexity index is 863. The Morgan fingerprint density at radius 3 is 2.60 bits per heavy atom. The number of phenols is 1. The average Bonchev–Trinajstić information content (AvgIpc) is 3.02. The standard InChI is InChI=1S/C16H16Br2ClN5O/c17-11-5-10(6-12(18)14(11)25)7-20-15-13-16(22-8-21-15)24(9-23-13)4-2-1-3-19/h5-6,8-9,25H,1-4,7H2,(H,20,21,22). The summed E-state index contributed by atoms with van der Waals surface area (Å²) in [5, 5.41) is 13.1. The van der Waals surface area contributed by atoms with E-state index in [1.165, 1.54) is 6.33 Å². The van der Waals surface area contributed by atoms with Crippen molar-refractivity contribution in [3.05, 3.63) is 39.3 Å². The molecular formula is C16H16Br2ClN5O. The molecule has 0 aliphatic carbocycles. The minimum Gasteiger partial charge on any atom is -0.506 e. The number of nitrogens with zero attached hydrogens (tertiary/aromatic N) is 4. The fraction of sp³-hybridized carbons (Fsp3) is 0.312. The van der Waals surface area contributed by atoms with Crippen LogP contribution in [0.5, 0.6) is 5.75 Å². The monoisotopic (exact) mass is 487 g/mol. The second kappa shape index (κ2) is 8.33. The number of aromatic nitrogens is 4. The molecule has 0 aliphatic rings. The molecule has 9 heteroatoms. The molecule has 0 unspecified atom stereocenters. The van der Waals surface area contributed by atoms with Crippen LogP contribution in [0.15, 0.2) is 33.7 Å². The van der Waals surface area contributed by atoms with Crippen LogP contribution in [-0.2, 0) is 13.1 Å². The van der Waals surface area contributed by atoms with E-state index in [2.05, 4.69) is 52.1 Å². The predicted molar refractivity (Wildman–Crippen MR) is 106 cm³/mol. The van der Waals surface area contributed by atoms with Crippen molar-refractivity contribution in [2.75, 3.05) is 11.2 Å². The van der Waals surface area contributed by atoms with E-state index in [1.807, 2.05) is 16.7 Å². The highest BCUT2D eigenvalue weighted by Gasteiger charge is 2.11. The number of imidazole rings is 1. The fourth-order valence-corrected chi connectivity index (χ4v) is 3.93. The third kappa shape index (κ3) is 4.24. The average molecular weight is 490 g/mol. The molecule has 3 aromatic rings. The first-order valence-corrected chi connectivity index (χ1v) is 9.84. The van der Waals surface area contributed by atoms with Gasteiger partial charge in [0.15, 0.2) is 11.5 Å². The number of hydrogen-bond acceptors (Lipinski definition) is 5. The summed E-state index contributed by atoms with van der Waals surface area (Å²) in [7, 11) is 0. The number of alkyl halides is 1. The molecule has 3 rings (SSSR count). The van der Waals surface area contributed by atoms with E-state index < -0.39 is 0 Å². The minimum atomic E-state index is 0.184. The van der Waals surface area contributed by atoms with Crippen LogP contribution in [-0.4, -0.2) is 30.5 Å². The molecule has 0 bridgehead atoms. The number of nitrogens with one attached hydrogen (secondary N) is 1. The molecule has 0 saturated carbocycles. The van der Waals surface area contributed by atoms with Gasteiger partial charge in [0.05, 0.1) is 15.3 Å². The number of aryl methyl sites for hydroxylation is 1. The topological polar surface area (TPSA) is 75.9 Å². The van der Waals surface area contributed by atoms with Crippen molar-refractivity contribution in [3.63, 3.8) is 0 Å². The lowest BCUT2D eigenvalue weighted by molar-refractivity contribution is 0.468. The third-order valence-electron chi connectivity index (χ3n) is 3.72. The summed E-state index contributed by atoms with van der Waals surface area (Å²) < 4.78 is 3.29. The zero-order chi connectivity index (χ0) is 17.8. The van der Waals surface area contributed by atoms with Gasteiger partial charge in [0.1, 0.15) is 17.6 Å². The zero-order valence-electron chi connectivity index (χ0n) is 13.2. The number of hydrogen-bond donors (Lipinski definition) is 2. The summed E-state index contributed by atoms with van der Waals surface area (Å²) in [4.78, 5) is 13.1. The summed E-state index contributed by atoms with van der Waals surface area (Å²) in [6.07, 6.45) is 5.26. The van der Waals surface area contributed by atoms with Crippen molar-refractivity contribution in [2.24, 2.45) is 0 Å². The van der Waals surface area contributed by atoms with E-state index in [0.717, 1.165) is 36.1 Å². The van der Waals surface area contributed by atoms with Crippen LogP contribution in [0.25, 0.3) is 11.2 Å². The molecule has 132 valence electrons. The Morgan fingerprint density at radius 2 is 1.88 bits per heavy atom. The van der Waals surface area contributed by atoms with Crippen molar-refractivity contribution >= 4 is 60.4 Å². The number of unbranched alkanes of at least 4 members (excludes halogenated alkanes) is 1.